The number of benzene rings is 2. The largest absolute Gasteiger partial charge is 1.00 e. The van der Waals surface area contributed by atoms with Gasteiger partial charge in [0.05, 0.1) is 34.0 Å². The lowest BCUT2D eigenvalue weighted by Crippen LogP contribution is -3.00. The third kappa shape index (κ3) is 10.2. The molecule has 2 aromatic heterocycles. The van der Waals surface area contributed by atoms with Crippen LogP contribution in [0.3, 0.4) is 0 Å². The second-order valence-corrected chi connectivity index (χ2v) is 10.6. The van der Waals surface area contributed by atoms with E-state index in [1.807, 2.05) is 91.7 Å². The molecule has 0 spiro atoms. The molecule has 0 atom stereocenters. The van der Waals surface area contributed by atoms with Crippen molar-refractivity contribution in [1.29, 1.82) is 0 Å². The van der Waals surface area contributed by atoms with E-state index in [-0.39, 0.29) is 39.7 Å². The van der Waals surface area contributed by atoms with Crippen LogP contribution in [0.4, 0.5) is 34.4 Å². The predicted octanol–water partition coefficient (Wildman–Crippen LogP) is 1.57. The molecule has 0 radical (unpaired) electrons. The van der Waals surface area contributed by atoms with E-state index in [9.17, 15) is 5.11 Å². The Bertz CT molecular complexity index is 1510. The van der Waals surface area contributed by atoms with Crippen LogP contribution in [0.15, 0.2) is 110 Å². The summed E-state index contributed by atoms with van der Waals surface area (Å²) in [5, 5.41) is 28.3. The molecule has 9 nitrogen and oxygen atoms in total. The van der Waals surface area contributed by atoms with Gasteiger partial charge in [-0.3, -0.25) is 0 Å². The lowest BCUT2D eigenvalue weighted by molar-refractivity contribution is -0.715. The maximum atomic E-state index is 10.6. The maximum Gasteiger partial charge on any atom is 0.350 e. The zero-order valence-electron chi connectivity index (χ0n) is 24.8. The molecule has 2 heterocycles. The number of phenols is 1. The smallest absolute Gasteiger partial charge is 0.350 e. The van der Waals surface area contributed by atoms with Crippen LogP contribution in [-0.4, -0.2) is 32.3 Å². The summed E-state index contributed by atoms with van der Waals surface area (Å²) < 4.78 is 5.09. The van der Waals surface area contributed by atoms with Crippen LogP contribution >= 0.6 is 15.9 Å². The van der Waals surface area contributed by atoms with Gasteiger partial charge < -0.3 is 48.9 Å². The number of aryl methyl sites for hydroxylation is 2. The Morgan fingerprint density at radius 3 is 2.07 bits per heavy atom. The van der Waals surface area contributed by atoms with Gasteiger partial charge in [-0.1, -0.05) is 6.07 Å². The van der Waals surface area contributed by atoms with Crippen LogP contribution in [0.25, 0.3) is 0 Å². The van der Waals surface area contributed by atoms with Crippen LogP contribution < -0.4 is 52.9 Å². The number of hydrogen-bond donors (Lipinski definition) is 1. The molecule has 43 heavy (non-hydrogen) atoms. The van der Waals surface area contributed by atoms with Crippen LogP contribution in [0.2, 0.25) is 0 Å². The molecule has 0 bridgehead atoms. The van der Waals surface area contributed by atoms with Crippen molar-refractivity contribution in [2.45, 2.75) is 33.4 Å². The van der Waals surface area contributed by atoms with Crippen molar-refractivity contribution < 1.29 is 48.2 Å². The third-order valence-corrected chi connectivity index (χ3v) is 7.13. The number of phenolic OH excluding ortho intramolecular Hbond substituents is 1. The highest BCUT2D eigenvalue weighted by Gasteiger charge is 2.15. The Morgan fingerprint density at radius 1 is 0.744 bits per heavy atom. The molecule has 0 unspecified atom stereocenters. The van der Waals surface area contributed by atoms with Crippen molar-refractivity contribution in [1.82, 2.24) is 0 Å². The number of anilines is 2. The first-order valence-corrected chi connectivity index (χ1v) is 14.5. The van der Waals surface area contributed by atoms with E-state index in [0.717, 1.165) is 53.4 Å². The minimum absolute atomic E-state index is 0. The molecule has 0 saturated carbocycles. The fraction of sp³-hybridized carbons (Fsp3) is 0.290. The Balaban J connectivity index is 0.00000323. The number of azo groups is 2. The van der Waals surface area contributed by atoms with E-state index in [1.54, 1.807) is 12.1 Å². The maximum absolute atomic E-state index is 10.6. The van der Waals surface area contributed by atoms with Crippen molar-refractivity contribution in [3.05, 3.63) is 89.7 Å². The zero-order valence-corrected chi connectivity index (χ0v) is 29.5. The molecular formula is C31H37Br3N8O. The average molecular weight is 777 g/mol. The van der Waals surface area contributed by atoms with E-state index < -0.39 is 0 Å². The van der Waals surface area contributed by atoms with Crippen molar-refractivity contribution in [3.63, 3.8) is 0 Å². The Labute approximate surface area is 283 Å². The summed E-state index contributed by atoms with van der Waals surface area (Å²) in [6.07, 6.45) is 4.84. The summed E-state index contributed by atoms with van der Waals surface area (Å²) >= 11 is 3.57. The van der Waals surface area contributed by atoms with Gasteiger partial charge in [-0.15, -0.1) is 0 Å². The van der Waals surface area contributed by atoms with Crippen molar-refractivity contribution in [3.8, 4) is 5.75 Å². The fourth-order valence-electron chi connectivity index (χ4n) is 4.35. The predicted molar refractivity (Wildman–Crippen MR) is 166 cm³/mol. The van der Waals surface area contributed by atoms with E-state index in [4.69, 9.17) is 0 Å². The number of pyridine rings is 2. The Morgan fingerprint density at radius 2 is 1.40 bits per heavy atom. The number of aromatic nitrogens is 2. The van der Waals surface area contributed by atoms with Gasteiger partial charge in [-0.25, -0.2) is 9.13 Å². The molecule has 4 rings (SSSR count). The molecule has 2 aromatic carbocycles. The van der Waals surface area contributed by atoms with Crippen molar-refractivity contribution in [2.24, 2.45) is 20.5 Å². The fourth-order valence-corrected chi connectivity index (χ4v) is 4.73. The highest BCUT2D eigenvalue weighted by atomic mass is 79.9. The van der Waals surface area contributed by atoms with Crippen LogP contribution in [0.1, 0.15) is 20.3 Å². The molecule has 0 aliphatic carbocycles. The molecular weight excluding hydrogens is 740 g/mol. The van der Waals surface area contributed by atoms with Crippen LogP contribution in [-0.2, 0) is 13.1 Å². The van der Waals surface area contributed by atoms with Gasteiger partial charge in [0.2, 0.25) is 0 Å². The van der Waals surface area contributed by atoms with Gasteiger partial charge in [-0.2, -0.15) is 0 Å². The minimum atomic E-state index is 0. The number of rotatable bonds is 12. The van der Waals surface area contributed by atoms with Gasteiger partial charge in [0.25, 0.3) is 0 Å². The molecule has 0 aliphatic rings. The second-order valence-electron chi connectivity index (χ2n) is 9.66. The zero-order chi connectivity index (χ0) is 29.2. The summed E-state index contributed by atoms with van der Waals surface area (Å²) in [5.41, 5.74) is 3.32. The topological polar surface area (TPSA) is 83.9 Å². The molecule has 4 aromatic rings. The first-order chi connectivity index (χ1) is 19.9. The molecule has 12 heteroatoms. The Kier molecular flexibility index (Phi) is 14.9. The Hall–Kier alpha value is -3.22. The van der Waals surface area contributed by atoms with E-state index in [1.165, 1.54) is 0 Å². The first kappa shape index (κ1) is 36.0. The van der Waals surface area contributed by atoms with Crippen molar-refractivity contribution >= 4 is 50.3 Å². The normalized spacial score (nSPS) is 10.9. The minimum Gasteiger partial charge on any atom is -1.00 e. The number of hydrogen-bond acceptors (Lipinski definition) is 7. The second kappa shape index (κ2) is 17.8. The highest BCUT2D eigenvalue weighted by molar-refractivity contribution is 9.10. The summed E-state index contributed by atoms with van der Waals surface area (Å²) in [4.78, 5) is 4.22. The summed E-state index contributed by atoms with van der Waals surface area (Å²) in [6, 6.07) is 23.2. The summed E-state index contributed by atoms with van der Waals surface area (Å²) in [7, 11) is 4.02. The monoisotopic (exact) mass is 774 g/mol. The number of nitrogens with zero attached hydrogens (tertiary/aromatic N) is 8. The van der Waals surface area contributed by atoms with Gasteiger partial charge in [0.15, 0.2) is 5.69 Å². The standard InChI is InChI=1S/C31H36BrN8O.2BrH/c1-5-38(6-2)27-16-17-28(29(41)22-27)34-36-31-18-11-24(32)23-40(31)21-9-20-39-19-8-7-10-30(39)35-33-25-12-14-26(15-13-25)37(3)4;;/h7-8,10-19,22-23H,5-6,9,20-21H2,1-4H3;2*1H/q+1;;/p-1. The van der Waals surface area contributed by atoms with Crippen molar-refractivity contribution in [2.75, 3.05) is 37.0 Å². The number of halogens is 3. The van der Waals surface area contributed by atoms with E-state index >= 15 is 0 Å². The SMILES string of the molecule is CCN(CC)c1ccc(/N=N/c2ccc(Br)c[n+]2CCC[n+]2ccccc2/N=N/c2ccc(N(C)C)cc2)c(O)c1.[Br-].[Br-]. The number of aromatic hydroxyl groups is 1. The third-order valence-electron chi connectivity index (χ3n) is 6.66. The summed E-state index contributed by atoms with van der Waals surface area (Å²) in [5.74, 6) is 1.59. The van der Waals surface area contributed by atoms with Crippen LogP contribution in [0, 0.1) is 0 Å². The molecule has 0 saturated heterocycles. The average Bonchev–Trinajstić information content (AvgIpc) is 2.98. The molecule has 0 amide bonds. The lowest BCUT2D eigenvalue weighted by atomic mass is 10.2. The van der Waals surface area contributed by atoms with Gasteiger partial charge in [-0.05, 0) is 88.5 Å². The molecule has 0 aliphatic heterocycles. The van der Waals surface area contributed by atoms with Gasteiger partial charge in [0, 0.05) is 63.2 Å². The molecule has 228 valence electrons. The van der Waals surface area contributed by atoms with E-state index in [0.29, 0.717) is 18.1 Å². The lowest BCUT2D eigenvalue weighted by Gasteiger charge is -2.21. The van der Waals surface area contributed by atoms with Gasteiger partial charge >= 0.3 is 11.6 Å². The highest BCUT2D eigenvalue weighted by Crippen LogP contribution is 2.32. The molecule has 1 N–H and O–H groups in total. The van der Waals surface area contributed by atoms with Gasteiger partial charge in [0.1, 0.15) is 17.6 Å². The first-order valence-electron chi connectivity index (χ1n) is 13.7. The molecule has 0 fully saturated rings. The summed E-state index contributed by atoms with van der Waals surface area (Å²) in [6.45, 7) is 7.38. The van der Waals surface area contributed by atoms with Crippen LogP contribution in [0.5, 0.6) is 5.75 Å². The van der Waals surface area contributed by atoms with E-state index in [2.05, 4.69) is 64.6 Å². The quantitative estimate of drug-likeness (QED) is 0.175.